The van der Waals surface area contributed by atoms with Crippen molar-refractivity contribution in [3.05, 3.63) is 46.7 Å². The zero-order valence-electron chi connectivity index (χ0n) is 9.43. The molecule has 2 aromatic heterocycles. The second-order valence-electron chi connectivity index (χ2n) is 3.68. The van der Waals surface area contributed by atoms with Crippen molar-refractivity contribution in [2.75, 3.05) is 6.54 Å². The highest BCUT2D eigenvalue weighted by atomic mass is 79.9. The summed E-state index contributed by atoms with van der Waals surface area (Å²) in [5.74, 6) is 0.409. The normalized spacial score (nSPS) is 12.3. The largest absolute Gasteiger partial charge is 0.467 e. The summed E-state index contributed by atoms with van der Waals surface area (Å²) >= 11 is 3.12. The summed E-state index contributed by atoms with van der Waals surface area (Å²) in [6.07, 6.45) is 1.15. The van der Waals surface area contributed by atoms with Gasteiger partial charge in [0, 0.05) is 6.54 Å². The van der Waals surface area contributed by atoms with Crippen molar-refractivity contribution in [1.29, 1.82) is 0 Å². The smallest absolute Gasteiger partial charge is 0.287 e. The number of carbonyl (C=O) groups excluding carboxylic acids is 1. The highest BCUT2D eigenvalue weighted by Crippen LogP contribution is 2.16. The molecule has 2 rings (SSSR count). The van der Waals surface area contributed by atoms with E-state index >= 15 is 0 Å². The molecular formula is C12H12BrNO4. The van der Waals surface area contributed by atoms with Crippen LogP contribution >= 0.6 is 15.9 Å². The van der Waals surface area contributed by atoms with Crippen LogP contribution in [0.2, 0.25) is 0 Å². The lowest BCUT2D eigenvalue weighted by atomic mass is 10.2. The zero-order valence-corrected chi connectivity index (χ0v) is 11.0. The van der Waals surface area contributed by atoms with Crippen LogP contribution in [0.15, 0.2) is 44.0 Å². The molecule has 0 bridgehead atoms. The molecule has 0 aliphatic heterocycles. The molecule has 0 aromatic carbocycles. The van der Waals surface area contributed by atoms with E-state index in [0.717, 1.165) is 0 Å². The van der Waals surface area contributed by atoms with Gasteiger partial charge in [0.25, 0.3) is 5.91 Å². The number of furan rings is 2. The molecule has 2 N–H and O–H groups in total. The number of hydrogen-bond donors (Lipinski definition) is 2. The van der Waals surface area contributed by atoms with E-state index in [-0.39, 0.29) is 11.7 Å². The fraction of sp³-hybridized carbons (Fsp3) is 0.250. The van der Waals surface area contributed by atoms with Crippen LogP contribution in [-0.4, -0.2) is 17.6 Å². The molecule has 6 heteroatoms. The Hall–Kier alpha value is -1.53. The maximum atomic E-state index is 11.6. The van der Waals surface area contributed by atoms with Gasteiger partial charge < -0.3 is 19.3 Å². The number of halogens is 1. The van der Waals surface area contributed by atoms with Crippen LogP contribution in [-0.2, 0) is 0 Å². The van der Waals surface area contributed by atoms with Crippen molar-refractivity contribution in [2.24, 2.45) is 0 Å². The molecule has 0 aliphatic carbocycles. The Kier molecular flexibility index (Phi) is 4.22. The molecule has 1 amide bonds. The number of amides is 1. The van der Waals surface area contributed by atoms with Crippen molar-refractivity contribution >= 4 is 21.8 Å². The average Bonchev–Trinajstić information content (AvgIpc) is 2.99. The fourth-order valence-corrected chi connectivity index (χ4v) is 1.78. The molecule has 5 nitrogen and oxygen atoms in total. The highest BCUT2D eigenvalue weighted by Gasteiger charge is 2.13. The number of rotatable bonds is 5. The van der Waals surface area contributed by atoms with Crippen LogP contribution in [0.1, 0.15) is 28.8 Å². The standard InChI is InChI=1S/C12H12BrNO4/c13-11-4-3-10(18-11)12(16)14-6-5-8(15)9-2-1-7-17-9/h1-4,7-8,15H,5-6H2,(H,14,16)/t8-/m0/s1. The third kappa shape index (κ3) is 3.24. The number of carbonyl (C=O) groups is 1. The van der Waals surface area contributed by atoms with E-state index in [1.807, 2.05) is 0 Å². The Morgan fingerprint density at radius 3 is 2.89 bits per heavy atom. The topological polar surface area (TPSA) is 75.6 Å². The number of hydrogen-bond acceptors (Lipinski definition) is 4. The van der Waals surface area contributed by atoms with E-state index in [0.29, 0.717) is 23.4 Å². The van der Waals surface area contributed by atoms with Crippen LogP contribution < -0.4 is 5.32 Å². The Bertz CT molecular complexity index is 506. The van der Waals surface area contributed by atoms with Gasteiger partial charge in [-0.1, -0.05) is 0 Å². The number of nitrogens with one attached hydrogen (secondary N) is 1. The van der Waals surface area contributed by atoms with Gasteiger partial charge in [-0.25, -0.2) is 0 Å². The van der Waals surface area contributed by atoms with Gasteiger partial charge in [-0.05, 0) is 46.6 Å². The molecule has 2 heterocycles. The summed E-state index contributed by atoms with van der Waals surface area (Å²) in [5.41, 5.74) is 0. The van der Waals surface area contributed by atoms with Crippen molar-refractivity contribution in [1.82, 2.24) is 5.32 Å². The number of aliphatic hydroxyl groups is 1. The molecule has 2 aromatic rings. The Morgan fingerprint density at radius 2 is 2.28 bits per heavy atom. The maximum absolute atomic E-state index is 11.6. The second kappa shape index (κ2) is 5.88. The van der Waals surface area contributed by atoms with Crippen LogP contribution in [0.3, 0.4) is 0 Å². The minimum atomic E-state index is -0.719. The van der Waals surface area contributed by atoms with Gasteiger partial charge in [-0.2, -0.15) is 0 Å². The minimum absolute atomic E-state index is 0.231. The maximum Gasteiger partial charge on any atom is 0.287 e. The van der Waals surface area contributed by atoms with Crippen molar-refractivity contribution in [3.63, 3.8) is 0 Å². The van der Waals surface area contributed by atoms with Crippen molar-refractivity contribution in [3.8, 4) is 0 Å². The SMILES string of the molecule is O=C(NCC[C@H](O)c1ccco1)c1ccc(Br)o1. The molecule has 0 saturated carbocycles. The minimum Gasteiger partial charge on any atom is -0.467 e. The average molecular weight is 314 g/mol. The first-order chi connectivity index (χ1) is 8.66. The van der Waals surface area contributed by atoms with E-state index < -0.39 is 6.10 Å². The Morgan fingerprint density at radius 1 is 1.44 bits per heavy atom. The lowest BCUT2D eigenvalue weighted by Crippen LogP contribution is -2.25. The lowest BCUT2D eigenvalue weighted by molar-refractivity contribution is 0.0907. The summed E-state index contributed by atoms with van der Waals surface area (Å²) in [4.78, 5) is 11.6. The van der Waals surface area contributed by atoms with E-state index in [4.69, 9.17) is 8.83 Å². The monoisotopic (exact) mass is 313 g/mol. The first-order valence-corrected chi connectivity index (χ1v) is 6.21. The lowest BCUT2D eigenvalue weighted by Gasteiger charge is -2.07. The molecule has 0 spiro atoms. The Labute approximate surface area is 112 Å². The van der Waals surface area contributed by atoms with Gasteiger partial charge in [0.1, 0.15) is 11.9 Å². The fourth-order valence-electron chi connectivity index (χ4n) is 1.47. The summed E-state index contributed by atoms with van der Waals surface area (Å²) < 4.78 is 10.7. The summed E-state index contributed by atoms with van der Waals surface area (Å²) in [5, 5.41) is 12.4. The van der Waals surface area contributed by atoms with Gasteiger partial charge in [0.05, 0.1) is 6.26 Å². The van der Waals surface area contributed by atoms with E-state index in [1.54, 1.807) is 24.3 Å². The van der Waals surface area contributed by atoms with Crippen LogP contribution in [0.5, 0.6) is 0 Å². The molecule has 18 heavy (non-hydrogen) atoms. The second-order valence-corrected chi connectivity index (χ2v) is 4.46. The van der Waals surface area contributed by atoms with Crippen LogP contribution in [0, 0.1) is 0 Å². The highest BCUT2D eigenvalue weighted by molar-refractivity contribution is 9.10. The first kappa shape index (κ1) is 12.9. The van der Waals surface area contributed by atoms with Crippen LogP contribution in [0.4, 0.5) is 0 Å². The van der Waals surface area contributed by atoms with Gasteiger partial charge in [0.2, 0.25) is 0 Å². The van der Waals surface area contributed by atoms with Gasteiger partial charge >= 0.3 is 0 Å². The molecule has 0 aliphatic rings. The van der Waals surface area contributed by atoms with E-state index in [2.05, 4.69) is 21.2 Å². The summed E-state index contributed by atoms with van der Waals surface area (Å²) in [7, 11) is 0. The summed E-state index contributed by atoms with van der Waals surface area (Å²) in [6, 6.07) is 6.61. The Balaban J connectivity index is 1.77. The first-order valence-electron chi connectivity index (χ1n) is 5.42. The molecule has 0 radical (unpaired) electrons. The van der Waals surface area contributed by atoms with Crippen molar-refractivity contribution < 1.29 is 18.7 Å². The van der Waals surface area contributed by atoms with Gasteiger partial charge in [-0.3, -0.25) is 4.79 Å². The third-order valence-corrected chi connectivity index (χ3v) is 2.80. The molecule has 0 saturated heterocycles. The molecule has 0 unspecified atom stereocenters. The predicted molar refractivity (Wildman–Crippen MR) is 67.0 cm³/mol. The van der Waals surface area contributed by atoms with Gasteiger partial charge in [-0.15, -0.1) is 0 Å². The zero-order chi connectivity index (χ0) is 13.0. The quantitative estimate of drug-likeness (QED) is 0.889. The molecule has 0 fully saturated rings. The molecular weight excluding hydrogens is 302 g/mol. The van der Waals surface area contributed by atoms with E-state index in [9.17, 15) is 9.90 Å². The summed E-state index contributed by atoms with van der Waals surface area (Å²) in [6.45, 7) is 0.332. The third-order valence-electron chi connectivity index (χ3n) is 2.37. The molecule has 1 atom stereocenters. The van der Waals surface area contributed by atoms with E-state index in [1.165, 1.54) is 6.26 Å². The van der Waals surface area contributed by atoms with Gasteiger partial charge in [0.15, 0.2) is 10.4 Å². The molecule has 96 valence electrons. The van der Waals surface area contributed by atoms with Crippen molar-refractivity contribution in [2.45, 2.75) is 12.5 Å². The predicted octanol–water partition coefficient (Wildman–Crippen LogP) is 2.49. The van der Waals surface area contributed by atoms with Crippen LogP contribution in [0.25, 0.3) is 0 Å². The number of aliphatic hydroxyl groups excluding tert-OH is 1.